The summed E-state index contributed by atoms with van der Waals surface area (Å²) in [6, 6.07) is 4.01. The van der Waals surface area contributed by atoms with Gasteiger partial charge in [-0.25, -0.2) is 0 Å². The molecule has 1 unspecified atom stereocenters. The Bertz CT molecular complexity index is 377. The van der Waals surface area contributed by atoms with E-state index < -0.39 is 0 Å². The Labute approximate surface area is 104 Å². The van der Waals surface area contributed by atoms with Gasteiger partial charge in [-0.1, -0.05) is 20.8 Å². The number of ether oxygens (including phenoxy) is 1. The van der Waals surface area contributed by atoms with Gasteiger partial charge in [-0.05, 0) is 49.7 Å². The van der Waals surface area contributed by atoms with E-state index in [1.54, 1.807) is 0 Å². The molecular formula is C15H23NO. The van der Waals surface area contributed by atoms with Crippen LogP contribution in [0, 0.1) is 11.3 Å². The molecule has 2 heteroatoms. The predicted molar refractivity (Wildman–Crippen MR) is 70.2 cm³/mol. The maximum Gasteiger partial charge on any atom is 0.141 e. The molecule has 1 aromatic rings. The molecule has 2 rings (SSSR count). The van der Waals surface area contributed by atoms with Crippen LogP contribution < -0.4 is 4.74 Å². The second-order valence-corrected chi connectivity index (χ2v) is 6.35. The van der Waals surface area contributed by atoms with E-state index in [-0.39, 0.29) is 5.41 Å². The zero-order valence-electron chi connectivity index (χ0n) is 11.4. The standard InChI is InChI=1S/C15H23NO/c1-11(12-7-8-12)17-14-6-5-9-16-13(14)10-15(2,3)4/h5-6,9,11-12H,7-8,10H2,1-4H3. The van der Waals surface area contributed by atoms with E-state index >= 15 is 0 Å². The molecule has 2 nitrogen and oxygen atoms in total. The van der Waals surface area contributed by atoms with E-state index in [4.69, 9.17) is 4.74 Å². The molecule has 0 bridgehead atoms. The molecule has 0 N–H and O–H groups in total. The van der Waals surface area contributed by atoms with Crippen LogP contribution in [0.4, 0.5) is 0 Å². The molecule has 1 aliphatic carbocycles. The molecular weight excluding hydrogens is 210 g/mol. The summed E-state index contributed by atoms with van der Waals surface area (Å²) in [5, 5.41) is 0. The average molecular weight is 233 g/mol. The van der Waals surface area contributed by atoms with Crippen molar-refractivity contribution in [3.8, 4) is 5.75 Å². The Morgan fingerprint density at radius 2 is 2.12 bits per heavy atom. The van der Waals surface area contributed by atoms with Crippen LogP contribution in [0.2, 0.25) is 0 Å². The van der Waals surface area contributed by atoms with Gasteiger partial charge >= 0.3 is 0 Å². The van der Waals surface area contributed by atoms with Crippen molar-refractivity contribution in [2.24, 2.45) is 11.3 Å². The van der Waals surface area contributed by atoms with Crippen molar-refractivity contribution in [3.63, 3.8) is 0 Å². The highest BCUT2D eigenvalue weighted by Crippen LogP contribution is 2.35. The summed E-state index contributed by atoms with van der Waals surface area (Å²) in [7, 11) is 0. The van der Waals surface area contributed by atoms with Crippen molar-refractivity contribution < 1.29 is 4.74 Å². The minimum Gasteiger partial charge on any atom is -0.489 e. The summed E-state index contributed by atoms with van der Waals surface area (Å²) in [6.07, 6.45) is 5.78. The lowest BCUT2D eigenvalue weighted by atomic mass is 9.90. The number of rotatable bonds is 4. The quantitative estimate of drug-likeness (QED) is 0.788. The number of hydrogen-bond acceptors (Lipinski definition) is 2. The minimum atomic E-state index is 0.245. The lowest BCUT2D eigenvalue weighted by molar-refractivity contribution is 0.193. The smallest absolute Gasteiger partial charge is 0.141 e. The van der Waals surface area contributed by atoms with Gasteiger partial charge in [0.2, 0.25) is 0 Å². The van der Waals surface area contributed by atoms with Crippen molar-refractivity contribution in [3.05, 3.63) is 24.0 Å². The zero-order valence-corrected chi connectivity index (χ0v) is 11.4. The molecule has 0 aliphatic heterocycles. The zero-order chi connectivity index (χ0) is 12.5. The molecule has 17 heavy (non-hydrogen) atoms. The van der Waals surface area contributed by atoms with Crippen LogP contribution in [0.1, 0.15) is 46.2 Å². The van der Waals surface area contributed by atoms with Crippen LogP contribution in [0.5, 0.6) is 5.75 Å². The number of pyridine rings is 1. The topological polar surface area (TPSA) is 22.1 Å². The van der Waals surface area contributed by atoms with E-state index in [9.17, 15) is 0 Å². The highest BCUT2D eigenvalue weighted by molar-refractivity contribution is 5.28. The first-order chi connectivity index (χ1) is 7.96. The van der Waals surface area contributed by atoms with E-state index in [1.807, 2.05) is 18.3 Å². The predicted octanol–water partition coefficient (Wildman–Crippen LogP) is 3.85. The van der Waals surface area contributed by atoms with E-state index in [0.29, 0.717) is 6.10 Å². The van der Waals surface area contributed by atoms with Crippen LogP contribution in [-0.4, -0.2) is 11.1 Å². The van der Waals surface area contributed by atoms with Crippen LogP contribution in [0.25, 0.3) is 0 Å². The van der Waals surface area contributed by atoms with Gasteiger partial charge in [0.1, 0.15) is 5.75 Å². The lowest BCUT2D eigenvalue weighted by Crippen LogP contribution is -2.17. The van der Waals surface area contributed by atoms with Crippen LogP contribution >= 0.6 is 0 Å². The molecule has 0 saturated heterocycles. The molecule has 0 amide bonds. The first-order valence-electron chi connectivity index (χ1n) is 6.56. The number of nitrogens with zero attached hydrogens (tertiary/aromatic N) is 1. The summed E-state index contributed by atoms with van der Waals surface area (Å²) >= 11 is 0. The van der Waals surface area contributed by atoms with Gasteiger partial charge < -0.3 is 4.74 Å². The molecule has 0 spiro atoms. The SMILES string of the molecule is CC(Oc1cccnc1CC(C)(C)C)C1CC1. The molecule has 1 aliphatic rings. The summed E-state index contributed by atoms with van der Waals surface area (Å²) in [6.45, 7) is 8.87. The van der Waals surface area contributed by atoms with Gasteiger partial charge in [0.05, 0.1) is 11.8 Å². The maximum absolute atomic E-state index is 6.05. The van der Waals surface area contributed by atoms with E-state index in [2.05, 4.69) is 32.7 Å². The molecule has 94 valence electrons. The Kier molecular flexibility index (Phi) is 3.41. The van der Waals surface area contributed by atoms with Gasteiger partial charge in [0, 0.05) is 6.20 Å². The maximum atomic E-state index is 6.05. The second kappa shape index (κ2) is 4.67. The first kappa shape index (κ1) is 12.4. The van der Waals surface area contributed by atoms with Gasteiger partial charge in [0.15, 0.2) is 0 Å². The highest BCUT2D eigenvalue weighted by atomic mass is 16.5. The Balaban J connectivity index is 2.09. The first-order valence-corrected chi connectivity index (χ1v) is 6.56. The normalized spacial score (nSPS) is 17.9. The second-order valence-electron chi connectivity index (χ2n) is 6.35. The third-order valence-electron chi connectivity index (χ3n) is 3.14. The molecule has 1 saturated carbocycles. The summed E-state index contributed by atoms with van der Waals surface area (Å²) in [5.74, 6) is 1.74. The largest absolute Gasteiger partial charge is 0.489 e. The van der Waals surface area contributed by atoms with Crippen molar-refractivity contribution in [1.82, 2.24) is 4.98 Å². The molecule has 0 aromatic carbocycles. The van der Waals surface area contributed by atoms with Crippen LogP contribution in [0.3, 0.4) is 0 Å². The molecule has 1 atom stereocenters. The van der Waals surface area contributed by atoms with Gasteiger partial charge in [0.25, 0.3) is 0 Å². The Morgan fingerprint density at radius 1 is 1.41 bits per heavy atom. The fraction of sp³-hybridized carbons (Fsp3) is 0.667. The fourth-order valence-electron chi connectivity index (χ4n) is 2.03. The molecule has 1 aromatic heterocycles. The summed E-state index contributed by atoms with van der Waals surface area (Å²) < 4.78 is 6.05. The summed E-state index contributed by atoms with van der Waals surface area (Å²) in [4.78, 5) is 4.47. The number of hydrogen-bond donors (Lipinski definition) is 0. The molecule has 1 fully saturated rings. The monoisotopic (exact) mass is 233 g/mol. The summed E-state index contributed by atoms with van der Waals surface area (Å²) in [5.41, 5.74) is 1.34. The Hall–Kier alpha value is -1.05. The van der Waals surface area contributed by atoms with Crippen molar-refractivity contribution in [1.29, 1.82) is 0 Å². The van der Waals surface area contributed by atoms with Gasteiger partial charge in [-0.3, -0.25) is 4.98 Å². The fourth-order valence-corrected chi connectivity index (χ4v) is 2.03. The van der Waals surface area contributed by atoms with E-state index in [1.165, 1.54) is 12.8 Å². The van der Waals surface area contributed by atoms with Crippen LogP contribution in [-0.2, 0) is 6.42 Å². The van der Waals surface area contributed by atoms with Crippen LogP contribution in [0.15, 0.2) is 18.3 Å². The average Bonchev–Trinajstić information content (AvgIpc) is 3.02. The highest BCUT2D eigenvalue weighted by Gasteiger charge is 2.30. The third kappa shape index (κ3) is 3.72. The van der Waals surface area contributed by atoms with E-state index in [0.717, 1.165) is 23.8 Å². The van der Waals surface area contributed by atoms with Gasteiger partial charge in [-0.15, -0.1) is 0 Å². The lowest BCUT2D eigenvalue weighted by Gasteiger charge is -2.21. The Morgan fingerprint density at radius 3 is 2.71 bits per heavy atom. The van der Waals surface area contributed by atoms with Crippen molar-refractivity contribution in [2.45, 2.75) is 53.1 Å². The van der Waals surface area contributed by atoms with Gasteiger partial charge in [-0.2, -0.15) is 0 Å². The molecule has 0 radical (unpaired) electrons. The number of aromatic nitrogens is 1. The minimum absolute atomic E-state index is 0.245. The van der Waals surface area contributed by atoms with Crippen molar-refractivity contribution >= 4 is 0 Å². The third-order valence-corrected chi connectivity index (χ3v) is 3.14. The molecule has 1 heterocycles. The van der Waals surface area contributed by atoms with Crippen molar-refractivity contribution in [2.75, 3.05) is 0 Å².